The van der Waals surface area contributed by atoms with Crippen LogP contribution in [0, 0.1) is 0 Å². The molecule has 0 spiro atoms. The van der Waals surface area contributed by atoms with E-state index in [1.165, 1.54) is 11.1 Å². The fourth-order valence-electron chi connectivity index (χ4n) is 2.57. The van der Waals surface area contributed by atoms with Gasteiger partial charge in [0.25, 0.3) is 0 Å². The van der Waals surface area contributed by atoms with Gasteiger partial charge in [0.2, 0.25) is 5.91 Å². The number of likely N-dealkylation sites (N-methyl/N-ethyl adjacent to an activating group) is 1. The highest BCUT2D eigenvalue weighted by Gasteiger charge is 2.13. The molecule has 1 atom stereocenters. The maximum atomic E-state index is 11.9. The number of benzene rings is 2. The monoisotopic (exact) mass is 296 g/mol. The summed E-state index contributed by atoms with van der Waals surface area (Å²) in [4.78, 5) is 11.9. The van der Waals surface area contributed by atoms with Crippen molar-refractivity contribution in [2.75, 3.05) is 13.6 Å². The fraction of sp³-hybridized carbons (Fsp3) is 0.316. The zero-order chi connectivity index (χ0) is 15.6. The van der Waals surface area contributed by atoms with E-state index in [1.54, 1.807) is 7.05 Å². The van der Waals surface area contributed by atoms with E-state index in [0.29, 0.717) is 6.54 Å². The average molecular weight is 296 g/mol. The van der Waals surface area contributed by atoms with Gasteiger partial charge in [-0.15, -0.1) is 0 Å². The maximum absolute atomic E-state index is 11.9. The topological polar surface area (TPSA) is 41.1 Å². The first kappa shape index (κ1) is 16.2. The van der Waals surface area contributed by atoms with Gasteiger partial charge in [-0.25, -0.2) is 0 Å². The Morgan fingerprint density at radius 1 is 1.00 bits per heavy atom. The summed E-state index contributed by atoms with van der Waals surface area (Å²) in [5, 5.41) is 6.01. The second-order valence-electron chi connectivity index (χ2n) is 5.44. The molecule has 3 heteroatoms. The molecule has 0 fully saturated rings. The van der Waals surface area contributed by atoms with Gasteiger partial charge >= 0.3 is 0 Å². The van der Waals surface area contributed by atoms with E-state index >= 15 is 0 Å². The Morgan fingerprint density at radius 3 is 2.27 bits per heavy atom. The molecule has 3 nitrogen and oxygen atoms in total. The van der Waals surface area contributed by atoms with Crippen LogP contribution in [-0.4, -0.2) is 19.5 Å². The summed E-state index contributed by atoms with van der Waals surface area (Å²) in [6.07, 6.45) is 3.02. The zero-order valence-corrected chi connectivity index (χ0v) is 13.1. The molecular weight excluding hydrogens is 272 g/mol. The highest BCUT2D eigenvalue weighted by Crippen LogP contribution is 2.19. The third-order valence-corrected chi connectivity index (χ3v) is 3.68. The van der Waals surface area contributed by atoms with Gasteiger partial charge in [0.1, 0.15) is 0 Å². The second-order valence-corrected chi connectivity index (χ2v) is 5.44. The summed E-state index contributed by atoms with van der Waals surface area (Å²) in [6, 6.07) is 20.7. The minimum absolute atomic E-state index is 0.0380. The Labute approximate surface area is 132 Å². The lowest BCUT2D eigenvalue weighted by molar-refractivity contribution is -0.120. The van der Waals surface area contributed by atoms with Crippen molar-refractivity contribution in [2.45, 2.75) is 25.3 Å². The molecule has 0 aliphatic heterocycles. The van der Waals surface area contributed by atoms with Gasteiger partial charge in [-0.1, -0.05) is 60.7 Å². The molecule has 0 saturated carbocycles. The predicted molar refractivity (Wildman–Crippen MR) is 90.6 cm³/mol. The van der Waals surface area contributed by atoms with Crippen molar-refractivity contribution in [1.29, 1.82) is 0 Å². The van der Waals surface area contributed by atoms with Crippen molar-refractivity contribution in [2.24, 2.45) is 0 Å². The molecule has 0 aromatic heterocycles. The Kier molecular flexibility index (Phi) is 6.65. The third-order valence-electron chi connectivity index (χ3n) is 3.68. The molecule has 2 rings (SSSR count). The number of rotatable bonds is 8. The highest BCUT2D eigenvalue weighted by atomic mass is 16.1. The van der Waals surface area contributed by atoms with Crippen molar-refractivity contribution in [3.63, 3.8) is 0 Å². The summed E-state index contributed by atoms with van der Waals surface area (Å²) in [6.45, 7) is 0.349. The minimum Gasteiger partial charge on any atom is -0.348 e. The molecule has 116 valence electrons. The quantitative estimate of drug-likeness (QED) is 0.786. The van der Waals surface area contributed by atoms with Crippen LogP contribution in [0.5, 0.6) is 0 Å². The first-order chi connectivity index (χ1) is 10.8. The van der Waals surface area contributed by atoms with Crippen LogP contribution >= 0.6 is 0 Å². The predicted octanol–water partition coefficient (Wildman–Crippen LogP) is 3.09. The van der Waals surface area contributed by atoms with Crippen molar-refractivity contribution < 1.29 is 4.79 Å². The summed E-state index contributed by atoms with van der Waals surface area (Å²) in [5.74, 6) is 0.0380. The van der Waals surface area contributed by atoms with E-state index in [4.69, 9.17) is 0 Å². The summed E-state index contributed by atoms with van der Waals surface area (Å²) in [7, 11) is 1.78. The summed E-state index contributed by atoms with van der Waals surface area (Å²) < 4.78 is 0. The first-order valence-corrected chi connectivity index (χ1v) is 7.82. The zero-order valence-electron chi connectivity index (χ0n) is 13.1. The van der Waals surface area contributed by atoms with Gasteiger partial charge in [0.15, 0.2) is 0 Å². The number of aryl methyl sites for hydroxylation is 1. The van der Waals surface area contributed by atoms with Crippen LogP contribution in [0.25, 0.3) is 0 Å². The number of carbonyl (C=O) groups is 1. The van der Waals surface area contributed by atoms with E-state index in [0.717, 1.165) is 19.3 Å². The molecule has 0 heterocycles. The lowest BCUT2D eigenvalue weighted by Gasteiger charge is -2.19. The van der Waals surface area contributed by atoms with Crippen LogP contribution in [0.3, 0.4) is 0 Å². The Morgan fingerprint density at radius 2 is 1.64 bits per heavy atom. The van der Waals surface area contributed by atoms with E-state index in [-0.39, 0.29) is 11.9 Å². The van der Waals surface area contributed by atoms with E-state index in [1.807, 2.05) is 24.3 Å². The standard InChI is InChI=1S/C19H24N2O/c1-20-15-19(22)21-18(17-12-6-3-7-13-17)14-8-11-16-9-4-2-5-10-16/h2-7,9-10,12-13,18,20H,8,11,14-15H2,1H3,(H,21,22). The molecule has 2 aromatic rings. The number of amides is 1. The molecule has 1 amide bonds. The van der Waals surface area contributed by atoms with Gasteiger partial charge in [0.05, 0.1) is 12.6 Å². The molecule has 0 bridgehead atoms. The van der Waals surface area contributed by atoms with Gasteiger partial charge < -0.3 is 10.6 Å². The number of hydrogen-bond donors (Lipinski definition) is 2. The normalized spacial score (nSPS) is 11.9. The molecular formula is C19H24N2O. The van der Waals surface area contributed by atoms with Crippen LogP contribution in [0.2, 0.25) is 0 Å². The van der Waals surface area contributed by atoms with Crippen molar-refractivity contribution in [1.82, 2.24) is 10.6 Å². The van der Waals surface area contributed by atoms with Crippen molar-refractivity contribution in [3.05, 3.63) is 71.8 Å². The van der Waals surface area contributed by atoms with Crippen LogP contribution < -0.4 is 10.6 Å². The molecule has 1 unspecified atom stereocenters. The lowest BCUT2D eigenvalue weighted by atomic mass is 9.99. The smallest absolute Gasteiger partial charge is 0.234 e. The fourth-order valence-corrected chi connectivity index (χ4v) is 2.57. The molecule has 0 aliphatic rings. The molecule has 0 aliphatic carbocycles. The average Bonchev–Trinajstić information content (AvgIpc) is 2.56. The molecule has 0 saturated heterocycles. The number of nitrogens with one attached hydrogen (secondary N) is 2. The van der Waals surface area contributed by atoms with Crippen LogP contribution in [0.15, 0.2) is 60.7 Å². The molecule has 22 heavy (non-hydrogen) atoms. The molecule has 2 N–H and O–H groups in total. The SMILES string of the molecule is CNCC(=O)NC(CCCc1ccccc1)c1ccccc1. The maximum Gasteiger partial charge on any atom is 0.234 e. The van der Waals surface area contributed by atoms with Crippen molar-refractivity contribution in [3.8, 4) is 0 Å². The van der Waals surface area contributed by atoms with E-state index < -0.39 is 0 Å². The Hall–Kier alpha value is -2.13. The van der Waals surface area contributed by atoms with Gasteiger partial charge in [-0.3, -0.25) is 4.79 Å². The first-order valence-electron chi connectivity index (χ1n) is 7.82. The van der Waals surface area contributed by atoms with Crippen LogP contribution in [0.1, 0.15) is 30.0 Å². The van der Waals surface area contributed by atoms with Crippen molar-refractivity contribution >= 4 is 5.91 Å². The lowest BCUT2D eigenvalue weighted by Crippen LogP contribution is -2.35. The number of carbonyl (C=O) groups excluding carboxylic acids is 1. The second kappa shape index (κ2) is 9.00. The third kappa shape index (κ3) is 5.34. The summed E-state index contributed by atoms with van der Waals surface area (Å²) in [5.41, 5.74) is 2.51. The van der Waals surface area contributed by atoms with Gasteiger partial charge in [0, 0.05) is 0 Å². The largest absolute Gasteiger partial charge is 0.348 e. The Bertz CT molecular complexity index is 554. The van der Waals surface area contributed by atoms with E-state index in [2.05, 4.69) is 47.0 Å². The van der Waals surface area contributed by atoms with Crippen LogP contribution in [0.4, 0.5) is 0 Å². The summed E-state index contributed by atoms with van der Waals surface area (Å²) >= 11 is 0. The van der Waals surface area contributed by atoms with Gasteiger partial charge in [-0.2, -0.15) is 0 Å². The minimum atomic E-state index is 0.0380. The number of hydrogen-bond acceptors (Lipinski definition) is 2. The van der Waals surface area contributed by atoms with Gasteiger partial charge in [-0.05, 0) is 37.4 Å². The molecule has 2 aromatic carbocycles. The molecule has 0 radical (unpaired) electrons. The highest BCUT2D eigenvalue weighted by molar-refractivity contribution is 5.78. The Balaban J connectivity index is 1.94. The van der Waals surface area contributed by atoms with E-state index in [9.17, 15) is 4.79 Å². The van der Waals surface area contributed by atoms with Crippen LogP contribution in [-0.2, 0) is 11.2 Å².